The Morgan fingerprint density at radius 1 is 1.16 bits per heavy atom. The topological polar surface area (TPSA) is 20.3 Å². The molecule has 0 radical (unpaired) electrons. The van der Waals surface area contributed by atoms with E-state index in [1.165, 1.54) is 12.1 Å². The number of benzene rings is 2. The Labute approximate surface area is 112 Å². The van der Waals surface area contributed by atoms with Crippen molar-refractivity contribution in [2.75, 3.05) is 18.5 Å². The third-order valence-corrected chi connectivity index (χ3v) is 3.00. The number of carbonyl (C=O) groups excluding carboxylic acids is 1. The second-order valence-electron chi connectivity index (χ2n) is 4.63. The quantitative estimate of drug-likeness (QED) is 0.782. The summed E-state index contributed by atoms with van der Waals surface area (Å²) in [6.45, 7) is 2.21. The fraction of sp³-hybridized carbons (Fsp3) is 0.188. The summed E-state index contributed by atoms with van der Waals surface area (Å²) in [6.07, 6.45) is 0. The zero-order valence-electron chi connectivity index (χ0n) is 11.1. The molecule has 0 aliphatic carbocycles. The minimum absolute atomic E-state index is 0.0201. The van der Waals surface area contributed by atoms with E-state index in [2.05, 4.69) is 0 Å². The molecule has 3 heteroatoms. The van der Waals surface area contributed by atoms with Crippen LogP contribution in [0, 0.1) is 12.7 Å². The maximum absolute atomic E-state index is 13.1. The standard InChI is InChI=1S/C16H16FNO/c1-12-6-8-13(9-7-12)16(19)11-18(2)15-5-3-4-14(17)10-15/h3-10H,11H2,1-2H3. The summed E-state index contributed by atoms with van der Waals surface area (Å²) >= 11 is 0. The first-order valence-corrected chi connectivity index (χ1v) is 6.13. The van der Waals surface area contributed by atoms with Gasteiger partial charge in [0.25, 0.3) is 0 Å². The van der Waals surface area contributed by atoms with Crippen molar-refractivity contribution < 1.29 is 9.18 Å². The predicted molar refractivity (Wildman–Crippen MR) is 75.2 cm³/mol. The molecule has 0 aromatic heterocycles. The van der Waals surface area contributed by atoms with E-state index in [1.54, 1.807) is 24.1 Å². The zero-order valence-corrected chi connectivity index (χ0v) is 11.1. The molecule has 19 heavy (non-hydrogen) atoms. The molecule has 0 saturated heterocycles. The van der Waals surface area contributed by atoms with E-state index < -0.39 is 0 Å². The summed E-state index contributed by atoms with van der Waals surface area (Å²) in [5, 5.41) is 0. The second kappa shape index (κ2) is 5.65. The van der Waals surface area contributed by atoms with E-state index in [4.69, 9.17) is 0 Å². The lowest BCUT2D eigenvalue weighted by Gasteiger charge is -2.18. The number of carbonyl (C=O) groups is 1. The predicted octanol–water partition coefficient (Wildman–Crippen LogP) is 3.45. The number of hydrogen-bond acceptors (Lipinski definition) is 2. The van der Waals surface area contributed by atoms with Gasteiger partial charge in [0, 0.05) is 18.3 Å². The van der Waals surface area contributed by atoms with Crippen LogP contribution < -0.4 is 4.90 Å². The van der Waals surface area contributed by atoms with Crippen LogP contribution in [0.15, 0.2) is 48.5 Å². The molecule has 0 atom stereocenters. The van der Waals surface area contributed by atoms with Crippen LogP contribution in [-0.4, -0.2) is 19.4 Å². The van der Waals surface area contributed by atoms with E-state index in [1.807, 2.05) is 31.2 Å². The van der Waals surface area contributed by atoms with Gasteiger partial charge in [-0.15, -0.1) is 0 Å². The average Bonchev–Trinajstić information content (AvgIpc) is 2.39. The zero-order chi connectivity index (χ0) is 13.8. The molecule has 2 nitrogen and oxygen atoms in total. The van der Waals surface area contributed by atoms with E-state index in [0.717, 1.165) is 5.56 Å². The van der Waals surface area contributed by atoms with E-state index in [9.17, 15) is 9.18 Å². The van der Waals surface area contributed by atoms with E-state index >= 15 is 0 Å². The van der Waals surface area contributed by atoms with Gasteiger partial charge in [-0.1, -0.05) is 35.9 Å². The van der Waals surface area contributed by atoms with Crippen molar-refractivity contribution in [1.82, 2.24) is 0 Å². The summed E-state index contributed by atoms with van der Waals surface area (Å²) in [4.78, 5) is 13.8. The molecule has 0 bridgehead atoms. The maximum Gasteiger partial charge on any atom is 0.182 e. The lowest BCUT2D eigenvalue weighted by molar-refractivity contribution is 0.100. The number of nitrogens with zero attached hydrogens (tertiary/aromatic N) is 1. The number of halogens is 1. The Morgan fingerprint density at radius 3 is 2.47 bits per heavy atom. The summed E-state index contributed by atoms with van der Waals surface area (Å²) in [5.41, 5.74) is 2.49. The fourth-order valence-electron chi connectivity index (χ4n) is 1.85. The highest BCUT2D eigenvalue weighted by Crippen LogP contribution is 2.14. The first-order valence-electron chi connectivity index (χ1n) is 6.13. The van der Waals surface area contributed by atoms with Crippen LogP contribution >= 0.6 is 0 Å². The second-order valence-corrected chi connectivity index (χ2v) is 4.63. The van der Waals surface area contributed by atoms with Crippen molar-refractivity contribution >= 4 is 11.5 Å². The number of ketones is 1. The van der Waals surface area contributed by atoms with Crippen molar-refractivity contribution in [2.45, 2.75) is 6.92 Å². The van der Waals surface area contributed by atoms with Gasteiger partial charge in [0.1, 0.15) is 5.82 Å². The lowest BCUT2D eigenvalue weighted by Crippen LogP contribution is -2.25. The fourth-order valence-corrected chi connectivity index (χ4v) is 1.85. The highest BCUT2D eigenvalue weighted by Gasteiger charge is 2.10. The van der Waals surface area contributed by atoms with Crippen molar-refractivity contribution in [3.63, 3.8) is 0 Å². The molecule has 0 N–H and O–H groups in total. The van der Waals surface area contributed by atoms with Gasteiger partial charge < -0.3 is 4.90 Å². The molecule has 0 fully saturated rings. The number of anilines is 1. The van der Waals surface area contributed by atoms with Crippen LogP contribution in [0.2, 0.25) is 0 Å². The molecule has 98 valence electrons. The van der Waals surface area contributed by atoms with Crippen LogP contribution in [-0.2, 0) is 0 Å². The molecule has 0 aliphatic heterocycles. The van der Waals surface area contributed by atoms with Crippen LogP contribution in [0.4, 0.5) is 10.1 Å². The van der Waals surface area contributed by atoms with Crippen LogP contribution in [0.5, 0.6) is 0 Å². The molecular formula is C16H16FNO. The minimum atomic E-state index is -0.299. The average molecular weight is 257 g/mol. The van der Waals surface area contributed by atoms with Gasteiger partial charge in [-0.05, 0) is 25.1 Å². The molecule has 0 saturated carbocycles. The van der Waals surface area contributed by atoms with Gasteiger partial charge in [0.05, 0.1) is 6.54 Å². The molecule has 2 aromatic carbocycles. The number of aryl methyl sites for hydroxylation is 1. The Balaban J connectivity index is 2.08. The molecular weight excluding hydrogens is 241 g/mol. The van der Waals surface area contributed by atoms with Gasteiger partial charge in [0.2, 0.25) is 0 Å². The van der Waals surface area contributed by atoms with Gasteiger partial charge in [-0.25, -0.2) is 4.39 Å². The Kier molecular flexibility index (Phi) is 3.95. The summed E-state index contributed by atoms with van der Waals surface area (Å²) in [6, 6.07) is 13.7. The SMILES string of the molecule is Cc1ccc(C(=O)CN(C)c2cccc(F)c2)cc1. The number of likely N-dealkylation sites (N-methyl/N-ethyl adjacent to an activating group) is 1. The largest absolute Gasteiger partial charge is 0.367 e. The van der Waals surface area contributed by atoms with Gasteiger partial charge in [-0.3, -0.25) is 4.79 Å². The van der Waals surface area contributed by atoms with Gasteiger partial charge in [-0.2, -0.15) is 0 Å². The number of Topliss-reactive ketones (excluding diaryl/α,β-unsaturated/α-hetero) is 1. The van der Waals surface area contributed by atoms with E-state index in [-0.39, 0.29) is 18.1 Å². The molecule has 0 amide bonds. The van der Waals surface area contributed by atoms with E-state index in [0.29, 0.717) is 11.3 Å². The summed E-state index contributed by atoms with van der Waals surface area (Å²) in [5.74, 6) is -0.279. The first kappa shape index (κ1) is 13.3. The molecule has 0 aliphatic rings. The molecule has 0 unspecified atom stereocenters. The molecule has 0 spiro atoms. The monoisotopic (exact) mass is 257 g/mol. The van der Waals surface area contributed by atoms with Crippen molar-refractivity contribution in [2.24, 2.45) is 0 Å². The Morgan fingerprint density at radius 2 is 1.84 bits per heavy atom. The third-order valence-electron chi connectivity index (χ3n) is 3.00. The summed E-state index contributed by atoms with van der Waals surface area (Å²) in [7, 11) is 1.78. The summed E-state index contributed by atoms with van der Waals surface area (Å²) < 4.78 is 13.1. The highest BCUT2D eigenvalue weighted by atomic mass is 19.1. The molecule has 2 rings (SSSR count). The minimum Gasteiger partial charge on any atom is -0.367 e. The maximum atomic E-state index is 13.1. The first-order chi connectivity index (χ1) is 9.06. The molecule has 2 aromatic rings. The van der Waals surface area contributed by atoms with Gasteiger partial charge >= 0.3 is 0 Å². The van der Waals surface area contributed by atoms with Gasteiger partial charge in [0.15, 0.2) is 5.78 Å². The van der Waals surface area contributed by atoms with Crippen molar-refractivity contribution in [3.05, 3.63) is 65.5 Å². The van der Waals surface area contributed by atoms with Crippen molar-refractivity contribution in [3.8, 4) is 0 Å². The van der Waals surface area contributed by atoms with Crippen LogP contribution in [0.3, 0.4) is 0 Å². The Bertz CT molecular complexity index is 578. The molecule has 0 heterocycles. The smallest absolute Gasteiger partial charge is 0.182 e. The highest BCUT2D eigenvalue weighted by molar-refractivity contribution is 5.99. The number of rotatable bonds is 4. The van der Waals surface area contributed by atoms with Crippen molar-refractivity contribution in [1.29, 1.82) is 0 Å². The van der Waals surface area contributed by atoms with Crippen LogP contribution in [0.25, 0.3) is 0 Å². The number of hydrogen-bond donors (Lipinski definition) is 0. The normalized spacial score (nSPS) is 10.3. The third kappa shape index (κ3) is 3.41. The Hall–Kier alpha value is -2.16. The lowest BCUT2D eigenvalue weighted by atomic mass is 10.1. The van der Waals surface area contributed by atoms with Crippen LogP contribution in [0.1, 0.15) is 15.9 Å².